The van der Waals surface area contributed by atoms with Gasteiger partial charge in [-0.3, -0.25) is 4.79 Å². The Hall–Kier alpha value is -1.85. The lowest BCUT2D eigenvalue weighted by molar-refractivity contribution is -0.140. The number of aliphatic carboxylic acids is 1. The minimum absolute atomic E-state index is 0.119. The third kappa shape index (κ3) is 2.19. The zero-order valence-electron chi connectivity index (χ0n) is 11.5. The van der Waals surface area contributed by atoms with Crippen LogP contribution in [0, 0.1) is 0 Å². The average Bonchev–Trinajstić information content (AvgIpc) is 3.17. The second-order valence-electron chi connectivity index (χ2n) is 5.03. The Labute approximate surface area is 115 Å². The molecule has 1 aliphatic rings. The quantitative estimate of drug-likeness (QED) is 0.904. The number of halogens is 2. The maximum absolute atomic E-state index is 13.6. The van der Waals surface area contributed by atoms with Gasteiger partial charge in [-0.25, -0.2) is 8.78 Å². The molecule has 6 heteroatoms. The predicted octanol–water partition coefficient (Wildman–Crippen LogP) is 2.93. The van der Waals surface area contributed by atoms with Gasteiger partial charge in [-0.15, -0.1) is 0 Å². The smallest absolute Gasteiger partial charge is 0.314 e. The Morgan fingerprint density at radius 1 is 1.30 bits per heavy atom. The van der Waals surface area contributed by atoms with Gasteiger partial charge in [0.05, 0.1) is 19.6 Å². The Morgan fingerprint density at radius 3 is 2.25 bits per heavy atom. The molecule has 1 aliphatic carbocycles. The highest BCUT2D eigenvalue weighted by Crippen LogP contribution is 2.54. The van der Waals surface area contributed by atoms with Crippen molar-refractivity contribution in [1.82, 2.24) is 0 Å². The SMILES string of the molecule is COc1cc(C(C)(F)F)cc(C2(C(=O)O)CC2)c1OC. The summed E-state index contributed by atoms with van der Waals surface area (Å²) in [7, 11) is 2.70. The Morgan fingerprint density at radius 2 is 1.90 bits per heavy atom. The lowest BCUT2D eigenvalue weighted by Gasteiger charge is -2.21. The van der Waals surface area contributed by atoms with Crippen molar-refractivity contribution >= 4 is 5.97 Å². The molecule has 0 amide bonds. The number of carboxylic acid groups (broad SMARTS) is 1. The molecule has 0 spiro atoms. The van der Waals surface area contributed by atoms with Crippen molar-refractivity contribution in [3.8, 4) is 11.5 Å². The lowest BCUT2D eigenvalue weighted by Crippen LogP contribution is -2.22. The fourth-order valence-electron chi connectivity index (χ4n) is 2.30. The second-order valence-corrected chi connectivity index (χ2v) is 5.03. The summed E-state index contributed by atoms with van der Waals surface area (Å²) in [6.45, 7) is 0.762. The fraction of sp³-hybridized carbons (Fsp3) is 0.500. The van der Waals surface area contributed by atoms with Crippen LogP contribution in [0.15, 0.2) is 12.1 Å². The van der Waals surface area contributed by atoms with E-state index in [2.05, 4.69) is 0 Å². The van der Waals surface area contributed by atoms with E-state index in [0.29, 0.717) is 12.8 Å². The summed E-state index contributed by atoms with van der Waals surface area (Å²) in [6.07, 6.45) is 0.807. The number of carboxylic acids is 1. The minimum Gasteiger partial charge on any atom is -0.493 e. The summed E-state index contributed by atoms with van der Waals surface area (Å²) in [5, 5.41) is 9.35. The molecule has 0 unspecified atom stereocenters. The fourth-order valence-corrected chi connectivity index (χ4v) is 2.30. The number of benzene rings is 1. The van der Waals surface area contributed by atoms with Gasteiger partial charge in [0, 0.05) is 18.1 Å². The molecule has 0 radical (unpaired) electrons. The Kier molecular flexibility index (Phi) is 3.36. The maximum Gasteiger partial charge on any atom is 0.314 e. The van der Waals surface area contributed by atoms with Crippen LogP contribution in [0.5, 0.6) is 11.5 Å². The largest absolute Gasteiger partial charge is 0.493 e. The van der Waals surface area contributed by atoms with Gasteiger partial charge in [0.1, 0.15) is 0 Å². The first-order chi connectivity index (χ1) is 9.26. The van der Waals surface area contributed by atoms with Crippen LogP contribution in [-0.4, -0.2) is 25.3 Å². The minimum atomic E-state index is -3.08. The highest BCUT2D eigenvalue weighted by molar-refractivity contribution is 5.86. The summed E-state index contributed by atoms with van der Waals surface area (Å²) in [5.74, 6) is -3.79. The number of methoxy groups -OCH3 is 2. The van der Waals surface area contributed by atoms with Gasteiger partial charge in [-0.2, -0.15) is 0 Å². The van der Waals surface area contributed by atoms with E-state index in [1.165, 1.54) is 26.4 Å². The van der Waals surface area contributed by atoms with Gasteiger partial charge in [0.25, 0.3) is 5.92 Å². The highest BCUT2D eigenvalue weighted by Gasteiger charge is 2.54. The number of alkyl halides is 2. The van der Waals surface area contributed by atoms with E-state index in [0.717, 1.165) is 6.92 Å². The van der Waals surface area contributed by atoms with Crippen LogP contribution in [0.2, 0.25) is 0 Å². The van der Waals surface area contributed by atoms with Crippen LogP contribution in [0.4, 0.5) is 8.78 Å². The van der Waals surface area contributed by atoms with Crippen molar-refractivity contribution in [2.24, 2.45) is 0 Å². The molecule has 4 nitrogen and oxygen atoms in total. The van der Waals surface area contributed by atoms with Crippen LogP contribution in [0.1, 0.15) is 30.9 Å². The predicted molar refractivity (Wildman–Crippen MR) is 67.7 cm³/mol. The van der Waals surface area contributed by atoms with Gasteiger partial charge in [-0.1, -0.05) is 0 Å². The topological polar surface area (TPSA) is 55.8 Å². The van der Waals surface area contributed by atoms with E-state index < -0.39 is 17.3 Å². The molecule has 1 N–H and O–H groups in total. The van der Waals surface area contributed by atoms with Crippen molar-refractivity contribution in [3.63, 3.8) is 0 Å². The van der Waals surface area contributed by atoms with Crippen molar-refractivity contribution in [2.45, 2.75) is 31.1 Å². The van der Waals surface area contributed by atoms with E-state index in [-0.39, 0.29) is 22.6 Å². The molecule has 1 aromatic rings. The van der Waals surface area contributed by atoms with Crippen LogP contribution in [0.25, 0.3) is 0 Å². The number of hydrogen-bond donors (Lipinski definition) is 1. The van der Waals surface area contributed by atoms with Gasteiger partial charge in [0.2, 0.25) is 0 Å². The van der Waals surface area contributed by atoms with E-state index in [9.17, 15) is 18.7 Å². The lowest BCUT2D eigenvalue weighted by atomic mass is 9.91. The molecule has 0 heterocycles. The number of ether oxygens (including phenoxy) is 2. The molecule has 0 aliphatic heterocycles. The first kappa shape index (κ1) is 14.6. The molecule has 0 bridgehead atoms. The summed E-state index contributed by atoms with van der Waals surface area (Å²) in [4.78, 5) is 11.4. The molecule has 1 fully saturated rings. The zero-order valence-corrected chi connectivity index (χ0v) is 11.5. The molecule has 0 saturated heterocycles. The second kappa shape index (κ2) is 4.61. The van der Waals surface area contributed by atoms with Crippen LogP contribution >= 0.6 is 0 Å². The van der Waals surface area contributed by atoms with Gasteiger partial charge in [-0.05, 0) is 25.0 Å². The summed E-state index contributed by atoms with van der Waals surface area (Å²) >= 11 is 0. The normalized spacial score (nSPS) is 16.6. The van der Waals surface area contributed by atoms with Gasteiger partial charge < -0.3 is 14.6 Å². The van der Waals surface area contributed by atoms with Crippen molar-refractivity contribution in [3.05, 3.63) is 23.3 Å². The van der Waals surface area contributed by atoms with Gasteiger partial charge in [0.15, 0.2) is 11.5 Å². The van der Waals surface area contributed by atoms with Crippen molar-refractivity contribution in [2.75, 3.05) is 14.2 Å². The maximum atomic E-state index is 13.6. The highest BCUT2D eigenvalue weighted by atomic mass is 19.3. The van der Waals surface area contributed by atoms with Crippen LogP contribution in [0.3, 0.4) is 0 Å². The molecule has 2 rings (SSSR count). The van der Waals surface area contributed by atoms with E-state index in [4.69, 9.17) is 9.47 Å². The Bertz CT molecular complexity index is 545. The van der Waals surface area contributed by atoms with Crippen molar-refractivity contribution in [1.29, 1.82) is 0 Å². The van der Waals surface area contributed by atoms with Crippen molar-refractivity contribution < 1.29 is 28.2 Å². The number of carbonyl (C=O) groups is 1. The van der Waals surface area contributed by atoms with Crippen LogP contribution in [-0.2, 0) is 16.1 Å². The number of hydrogen-bond acceptors (Lipinski definition) is 3. The monoisotopic (exact) mass is 286 g/mol. The molecule has 110 valence electrons. The first-order valence-electron chi connectivity index (χ1n) is 6.14. The summed E-state index contributed by atoms with van der Waals surface area (Å²) < 4.78 is 37.3. The Balaban J connectivity index is 2.68. The molecule has 1 saturated carbocycles. The summed E-state index contributed by atoms with van der Waals surface area (Å²) in [6, 6.07) is 2.39. The molecular weight excluding hydrogens is 270 g/mol. The average molecular weight is 286 g/mol. The third-order valence-corrected chi connectivity index (χ3v) is 3.66. The van der Waals surface area contributed by atoms with E-state index >= 15 is 0 Å². The third-order valence-electron chi connectivity index (χ3n) is 3.66. The molecule has 20 heavy (non-hydrogen) atoms. The molecule has 0 aromatic heterocycles. The van der Waals surface area contributed by atoms with E-state index in [1.54, 1.807) is 0 Å². The van der Waals surface area contributed by atoms with Gasteiger partial charge >= 0.3 is 5.97 Å². The molecular formula is C14H16F2O4. The van der Waals surface area contributed by atoms with Crippen LogP contribution < -0.4 is 9.47 Å². The molecule has 1 aromatic carbocycles. The molecule has 0 atom stereocenters. The first-order valence-corrected chi connectivity index (χ1v) is 6.14. The zero-order chi connectivity index (χ0) is 15.1. The number of rotatable bonds is 5. The standard InChI is InChI=1S/C14H16F2O4/c1-13(15,16)8-6-9(14(4-5-14)12(17)18)11(20-3)10(7-8)19-2/h6-7H,4-5H2,1-3H3,(H,17,18). The summed E-state index contributed by atoms with van der Waals surface area (Å²) in [5.41, 5.74) is -1.17. The van der Waals surface area contributed by atoms with E-state index in [1.807, 2.05) is 0 Å².